The molecule has 3 aliphatic heterocycles. The quantitative estimate of drug-likeness (QED) is 0.106. The molecule has 1 saturated heterocycles. The van der Waals surface area contributed by atoms with Gasteiger partial charge in [0.05, 0.1) is 28.5 Å². The first kappa shape index (κ1) is 66.8. The third-order valence-corrected chi connectivity index (χ3v) is 19.6. The SMILES string of the molecule is CCCCCCCCN1CCCC1c1ccc(/C=C/c2ccc(-c3c4nc(c(-c5cc(C(C)(C)C)cc(C(C)(C)C)c5)c5ccc([nH]5)c(-c5cc(C(C)(C)C)cc(C(C)(C)C)c5)c5nc(c(-c6cc(C(C)(C)C)cc(C(C)(C)C)c6)c6ccc3[nH]6)C=C5)C=C4)cc2)nc1. The van der Waals surface area contributed by atoms with Gasteiger partial charge in [0.1, 0.15) is 0 Å². The Hall–Kier alpha value is -7.67. The molecule has 0 amide bonds. The Morgan fingerprint density at radius 1 is 0.409 bits per heavy atom. The van der Waals surface area contributed by atoms with E-state index in [-0.39, 0.29) is 32.5 Å². The molecule has 3 aliphatic rings. The highest BCUT2D eigenvalue weighted by atomic mass is 15.2. The van der Waals surface area contributed by atoms with Gasteiger partial charge in [0.25, 0.3) is 0 Å². The highest BCUT2D eigenvalue weighted by Crippen LogP contribution is 2.44. The molecule has 0 saturated carbocycles. The molecule has 93 heavy (non-hydrogen) atoms. The molecule has 8 aromatic rings. The number of fused-ring (bicyclic) bond motifs is 8. The van der Waals surface area contributed by atoms with Gasteiger partial charge in [-0.25, -0.2) is 9.97 Å². The third-order valence-electron chi connectivity index (χ3n) is 19.6. The average molecular weight is 1240 g/mol. The first-order valence-corrected chi connectivity index (χ1v) is 34.9. The third kappa shape index (κ3) is 15.0. The van der Waals surface area contributed by atoms with E-state index in [0.29, 0.717) is 6.04 Å². The number of likely N-dealkylation sites (tertiary alicyclic amines) is 1. The topological polar surface area (TPSA) is 73.5 Å². The van der Waals surface area contributed by atoms with Crippen molar-refractivity contribution in [1.29, 1.82) is 0 Å². The molecule has 6 heteroatoms. The van der Waals surface area contributed by atoms with Crippen molar-refractivity contribution in [3.8, 4) is 44.5 Å². The second-order valence-electron chi connectivity index (χ2n) is 33.3. The fraction of sp³-hybridized carbons (Fsp3) is 0.414. The van der Waals surface area contributed by atoms with Gasteiger partial charge in [0, 0.05) is 56.6 Å². The summed E-state index contributed by atoms with van der Waals surface area (Å²) < 4.78 is 0. The van der Waals surface area contributed by atoms with Crippen molar-refractivity contribution in [2.24, 2.45) is 0 Å². The smallest absolute Gasteiger partial charge is 0.0737 e. The lowest BCUT2D eigenvalue weighted by molar-refractivity contribution is 0.250. The van der Waals surface area contributed by atoms with Crippen molar-refractivity contribution in [2.75, 3.05) is 13.1 Å². The predicted octanol–water partition coefficient (Wildman–Crippen LogP) is 24.2. The van der Waals surface area contributed by atoms with Crippen LogP contribution in [0.25, 0.3) is 103 Å². The molecule has 0 aliphatic carbocycles. The van der Waals surface area contributed by atoms with E-state index in [2.05, 4.69) is 304 Å². The van der Waals surface area contributed by atoms with Crippen LogP contribution in [-0.4, -0.2) is 42.9 Å². The van der Waals surface area contributed by atoms with E-state index >= 15 is 0 Å². The number of aromatic amines is 2. The van der Waals surface area contributed by atoms with Crippen LogP contribution < -0.4 is 0 Å². The fourth-order valence-corrected chi connectivity index (χ4v) is 13.6. The fourth-order valence-electron chi connectivity index (χ4n) is 13.6. The summed E-state index contributed by atoms with van der Waals surface area (Å²) in [6.45, 7) is 46.5. The Morgan fingerprint density at radius 3 is 1.13 bits per heavy atom. The normalized spacial score (nSPS) is 15.2. The van der Waals surface area contributed by atoms with E-state index in [1.807, 2.05) is 0 Å². The molecule has 1 atom stereocenters. The van der Waals surface area contributed by atoms with Crippen molar-refractivity contribution < 1.29 is 0 Å². The van der Waals surface area contributed by atoms with E-state index in [1.165, 1.54) is 103 Å². The number of unbranched alkanes of at least 4 members (excludes halogenated alkanes) is 5. The first-order chi connectivity index (χ1) is 43.8. The van der Waals surface area contributed by atoms with Crippen LogP contribution in [0.2, 0.25) is 0 Å². The number of H-pyrrole nitrogens is 2. The standard InChI is InChI=1S/C87H106N6/c1-20-21-22-23-24-25-44-93-45-26-27-77(93)58-33-35-68(88-55-58)34-30-56-28-31-57(32-29-56)78-69-36-38-71(89-69)79(59-46-62(82(2,3)4)52-63(47-59)83(5,6)7)73-40-42-75(91-73)81(61-50-66(86(14,15)16)54-67(51-61)87(17,18)19)76-43-41-74(92-76)80(72-39-37-70(78)90-72)60-48-64(84(8,9)10)53-65(49-60)85(11,12)13/h28-43,46-55,77,89,92H,20-27,44-45H2,1-19H3/b34-30+,78-69?,78-70?,79-71?,79-73?,80-72?,80-74?,81-75?,81-76?. The van der Waals surface area contributed by atoms with Crippen molar-refractivity contribution in [2.45, 2.75) is 221 Å². The Bertz CT molecular complexity index is 4150. The van der Waals surface area contributed by atoms with E-state index in [4.69, 9.17) is 15.0 Å². The summed E-state index contributed by atoms with van der Waals surface area (Å²) in [7, 11) is 0. The van der Waals surface area contributed by atoms with Gasteiger partial charge < -0.3 is 9.97 Å². The van der Waals surface area contributed by atoms with Gasteiger partial charge in [-0.05, 0) is 192 Å². The molecule has 0 radical (unpaired) electrons. The number of nitrogens with zero attached hydrogens (tertiary/aromatic N) is 4. The Morgan fingerprint density at radius 2 is 0.774 bits per heavy atom. The highest BCUT2D eigenvalue weighted by molar-refractivity contribution is 6.00. The molecule has 484 valence electrons. The van der Waals surface area contributed by atoms with Crippen LogP contribution in [0.15, 0.2) is 121 Å². The van der Waals surface area contributed by atoms with Crippen LogP contribution >= 0.6 is 0 Å². The zero-order valence-corrected chi connectivity index (χ0v) is 59.9. The summed E-state index contributed by atoms with van der Waals surface area (Å²) in [5.74, 6) is 0. The lowest BCUT2D eigenvalue weighted by Crippen LogP contribution is -2.24. The van der Waals surface area contributed by atoms with Gasteiger partial charge in [-0.3, -0.25) is 9.88 Å². The lowest BCUT2D eigenvalue weighted by atomic mass is 9.78. The lowest BCUT2D eigenvalue weighted by Gasteiger charge is -2.26. The van der Waals surface area contributed by atoms with Gasteiger partial charge >= 0.3 is 0 Å². The minimum absolute atomic E-state index is 0.106. The molecule has 0 spiro atoms. The summed E-state index contributed by atoms with van der Waals surface area (Å²) in [6.07, 6.45) is 25.9. The second-order valence-corrected chi connectivity index (χ2v) is 33.3. The monoisotopic (exact) mass is 1230 g/mol. The highest BCUT2D eigenvalue weighted by Gasteiger charge is 2.29. The van der Waals surface area contributed by atoms with Crippen LogP contribution in [0.5, 0.6) is 0 Å². The van der Waals surface area contributed by atoms with Gasteiger partial charge in [0.15, 0.2) is 0 Å². The first-order valence-electron chi connectivity index (χ1n) is 34.9. The molecular weight excluding hydrogens is 1130 g/mol. The number of nitrogens with one attached hydrogen (secondary N) is 2. The zero-order valence-electron chi connectivity index (χ0n) is 59.9. The summed E-state index contributed by atoms with van der Waals surface area (Å²) in [4.78, 5) is 27.6. The van der Waals surface area contributed by atoms with Crippen molar-refractivity contribution in [3.63, 3.8) is 0 Å². The van der Waals surface area contributed by atoms with Crippen LogP contribution in [0.1, 0.15) is 262 Å². The summed E-state index contributed by atoms with van der Waals surface area (Å²) >= 11 is 0. The molecule has 1 fully saturated rings. The number of benzene rings is 4. The maximum Gasteiger partial charge on any atom is 0.0737 e. The maximum absolute atomic E-state index is 5.87. The van der Waals surface area contributed by atoms with Crippen LogP contribution in [0.4, 0.5) is 0 Å². The molecule has 11 rings (SSSR count). The van der Waals surface area contributed by atoms with Crippen LogP contribution in [0.3, 0.4) is 0 Å². The summed E-state index contributed by atoms with van der Waals surface area (Å²) in [5, 5.41) is 0. The number of hydrogen-bond acceptors (Lipinski definition) is 4. The maximum atomic E-state index is 5.87. The number of hydrogen-bond donors (Lipinski definition) is 2. The molecular formula is C87H106N6. The second kappa shape index (κ2) is 25.9. The van der Waals surface area contributed by atoms with Crippen molar-refractivity contribution in [1.82, 2.24) is 29.8 Å². The average Bonchev–Trinajstić information content (AvgIpc) is 1.67. The van der Waals surface area contributed by atoms with E-state index in [0.717, 1.165) is 101 Å². The minimum Gasteiger partial charge on any atom is -0.354 e. The molecule has 4 aromatic heterocycles. The van der Waals surface area contributed by atoms with E-state index in [9.17, 15) is 0 Å². The number of aromatic nitrogens is 5. The molecule has 2 N–H and O–H groups in total. The number of pyridine rings is 1. The predicted molar refractivity (Wildman–Crippen MR) is 403 cm³/mol. The summed E-state index contributed by atoms with van der Waals surface area (Å²) in [5.41, 5.74) is 26.7. The molecule has 4 aromatic carbocycles. The largest absolute Gasteiger partial charge is 0.354 e. The van der Waals surface area contributed by atoms with Gasteiger partial charge in [-0.15, -0.1) is 0 Å². The van der Waals surface area contributed by atoms with Gasteiger partial charge in [0.2, 0.25) is 0 Å². The Balaban J connectivity index is 1.15. The van der Waals surface area contributed by atoms with Crippen molar-refractivity contribution in [3.05, 3.63) is 194 Å². The molecule has 8 bridgehead atoms. The van der Waals surface area contributed by atoms with Crippen LogP contribution in [0, 0.1) is 0 Å². The van der Waals surface area contributed by atoms with Gasteiger partial charge in [-0.1, -0.05) is 255 Å². The summed E-state index contributed by atoms with van der Waals surface area (Å²) in [6, 6.07) is 44.8. The van der Waals surface area contributed by atoms with Crippen LogP contribution in [-0.2, 0) is 32.5 Å². The van der Waals surface area contributed by atoms with Crippen molar-refractivity contribution >= 4 is 58.5 Å². The zero-order chi connectivity index (χ0) is 66.6. The van der Waals surface area contributed by atoms with E-state index < -0.39 is 0 Å². The Labute approximate surface area is 558 Å². The number of rotatable bonds is 14. The molecule has 7 heterocycles. The van der Waals surface area contributed by atoms with E-state index in [1.54, 1.807) is 0 Å². The molecule has 1 unspecified atom stereocenters. The minimum atomic E-state index is -0.109. The van der Waals surface area contributed by atoms with Gasteiger partial charge in [-0.2, -0.15) is 0 Å². The Kier molecular flexibility index (Phi) is 18.6. The molecule has 6 nitrogen and oxygen atoms in total.